The van der Waals surface area contributed by atoms with Crippen LogP contribution in [0.25, 0.3) is 0 Å². The van der Waals surface area contributed by atoms with Gasteiger partial charge in [0.25, 0.3) is 0 Å². The zero-order valence-electron chi connectivity index (χ0n) is 21.0. The van der Waals surface area contributed by atoms with E-state index in [4.69, 9.17) is 11.6 Å². The maximum Gasteiger partial charge on any atom is 0.230 e. The van der Waals surface area contributed by atoms with Crippen molar-refractivity contribution < 1.29 is 14.0 Å². The van der Waals surface area contributed by atoms with E-state index < -0.39 is 0 Å². The molecule has 0 spiro atoms. The first-order chi connectivity index (χ1) is 17.4. The van der Waals surface area contributed by atoms with Gasteiger partial charge in [-0.25, -0.2) is 14.4 Å². The second-order valence-electron chi connectivity index (χ2n) is 9.07. The number of rotatable bonds is 12. The molecule has 7 nitrogen and oxygen atoms in total. The van der Waals surface area contributed by atoms with Gasteiger partial charge in [-0.05, 0) is 31.0 Å². The summed E-state index contributed by atoms with van der Waals surface area (Å²) in [6, 6.07) is 7.79. The van der Waals surface area contributed by atoms with E-state index in [-0.39, 0.29) is 29.4 Å². The molecule has 1 atom stereocenters. The summed E-state index contributed by atoms with van der Waals surface area (Å²) in [4.78, 5) is 37.9. The summed E-state index contributed by atoms with van der Waals surface area (Å²) in [5.41, 5.74) is 0.819. The van der Waals surface area contributed by atoms with Crippen LogP contribution in [0.5, 0.6) is 0 Å². The van der Waals surface area contributed by atoms with Crippen LogP contribution in [0.15, 0.2) is 35.5 Å². The smallest absolute Gasteiger partial charge is 0.230 e. The van der Waals surface area contributed by atoms with Gasteiger partial charge in [0, 0.05) is 44.7 Å². The molecule has 2 aromatic rings. The Morgan fingerprint density at radius 2 is 1.89 bits per heavy atom. The Hall–Kier alpha value is -2.39. The topological polar surface area (TPSA) is 78.4 Å². The largest absolute Gasteiger partial charge is 0.353 e. The highest BCUT2D eigenvalue weighted by molar-refractivity contribution is 7.99. The molecule has 0 saturated carbocycles. The predicted octanol–water partition coefficient (Wildman–Crippen LogP) is 5.08. The fourth-order valence-corrected chi connectivity index (χ4v) is 5.07. The molecular formula is C26H35ClFN5O2S. The molecule has 1 aliphatic rings. The first-order valence-corrected chi connectivity index (χ1v) is 13.9. The van der Waals surface area contributed by atoms with Crippen molar-refractivity contribution in [3.05, 3.63) is 46.9 Å². The van der Waals surface area contributed by atoms with Gasteiger partial charge in [0.1, 0.15) is 16.8 Å². The van der Waals surface area contributed by atoms with Gasteiger partial charge in [-0.15, -0.1) is 0 Å². The second-order valence-corrected chi connectivity index (χ2v) is 10.4. The lowest BCUT2D eigenvalue weighted by Gasteiger charge is -2.40. The number of unbranched alkanes of at least 4 members (excludes halogenated alkanes) is 4. The van der Waals surface area contributed by atoms with Crippen LogP contribution in [-0.2, 0) is 16.1 Å². The van der Waals surface area contributed by atoms with E-state index in [1.165, 1.54) is 43.2 Å². The number of carbonyl (C=O) groups excluding carboxylic acids is 2. The molecule has 3 rings (SSSR count). The fourth-order valence-electron chi connectivity index (χ4n) is 4.16. The van der Waals surface area contributed by atoms with Crippen LogP contribution in [-0.4, -0.2) is 58.1 Å². The van der Waals surface area contributed by atoms with Crippen molar-refractivity contribution in [1.29, 1.82) is 0 Å². The number of aromatic nitrogens is 2. The minimum atomic E-state index is -0.310. The zero-order chi connectivity index (χ0) is 25.9. The minimum Gasteiger partial charge on any atom is -0.353 e. The summed E-state index contributed by atoms with van der Waals surface area (Å²) in [6.45, 7) is 6.54. The molecule has 196 valence electrons. The van der Waals surface area contributed by atoms with Crippen LogP contribution in [0.1, 0.15) is 57.9 Å². The molecule has 2 heterocycles. The third kappa shape index (κ3) is 8.92. The first-order valence-electron chi connectivity index (χ1n) is 12.6. The number of piperazine rings is 1. The molecule has 1 N–H and O–H groups in total. The summed E-state index contributed by atoms with van der Waals surface area (Å²) < 4.78 is 13.0. The summed E-state index contributed by atoms with van der Waals surface area (Å²) >= 11 is 7.47. The Balaban J connectivity index is 1.48. The molecule has 0 radical (unpaired) electrons. The van der Waals surface area contributed by atoms with Crippen molar-refractivity contribution >= 4 is 41.0 Å². The quantitative estimate of drug-likeness (QED) is 0.177. The van der Waals surface area contributed by atoms with Crippen LogP contribution in [0.4, 0.5) is 10.2 Å². The number of carbonyl (C=O) groups is 2. The first kappa shape index (κ1) is 28.2. The number of hydrogen-bond acceptors (Lipinski definition) is 6. The van der Waals surface area contributed by atoms with E-state index in [9.17, 15) is 14.0 Å². The lowest BCUT2D eigenvalue weighted by atomic mass is 10.1. The van der Waals surface area contributed by atoms with Gasteiger partial charge in [-0.1, -0.05) is 68.1 Å². The molecule has 1 fully saturated rings. The van der Waals surface area contributed by atoms with Crippen molar-refractivity contribution in [3.8, 4) is 0 Å². The van der Waals surface area contributed by atoms with Crippen LogP contribution in [0, 0.1) is 5.82 Å². The van der Waals surface area contributed by atoms with Gasteiger partial charge in [-0.3, -0.25) is 9.59 Å². The molecule has 1 unspecified atom stereocenters. The molecule has 36 heavy (non-hydrogen) atoms. The molecule has 1 saturated heterocycles. The number of hydrogen-bond donors (Lipinski definition) is 1. The molecular weight excluding hydrogens is 501 g/mol. The highest BCUT2D eigenvalue weighted by Crippen LogP contribution is 2.24. The van der Waals surface area contributed by atoms with Crippen LogP contribution >= 0.6 is 23.4 Å². The summed E-state index contributed by atoms with van der Waals surface area (Å²) in [5.74, 6) is 0.572. The highest BCUT2D eigenvalue weighted by Gasteiger charge is 2.28. The average molecular weight is 536 g/mol. The van der Waals surface area contributed by atoms with Crippen molar-refractivity contribution in [1.82, 2.24) is 20.2 Å². The summed E-state index contributed by atoms with van der Waals surface area (Å²) in [6.07, 6.45) is 6.29. The van der Waals surface area contributed by atoms with Crippen molar-refractivity contribution in [2.75, 3.05) is 30.3 Å². The number of halogens is 2. The highest BCUT2D eigenvalue weighted by atomic mass is 35.5. The molecule has 1 aromatic carbocycles. The van der Waals surface area contributed by atoms with Gasteiger partial charge >= 0.3 is 0 Å². The summed E-state index contributed by atoms with van der Waals surface area (Å²) in [7, 11) is 0. The Morgan fingerprint density at radius 1 is 1.14 bits per heavy atom. The molecule has 0 bridgehead atoms. The molecule has 1 aliphatic heterocycles. The van der Waals surface area contributed by atoms with E-state index in [1.807, 2.05) is 4.90 Å². The number of amides is 2. The molecule has 0 aliphatic carbocycles. The van der Waals surface area contributed by atoms with E-state index in [0.717, 1.165) is 18.4 Å². The third-order valence-electron chi connectivity index (χ3n) is 6.16. The fraction of sp³-hybridized carbons (Fsp3) is 0.538. The van der Waals surface area contributed by atoms with Gasteiger partial charge in [0.05, 0.1) is 5.75 Å². The Labute approximate surface area is 222 Å². The SMILES string of the molecule is CCCCCCCC(=O)N1CCN(c2cc(Cl)nc(SCC(=O)NCc3ccc(F)cc3)n2)CC1C. The van der Waals surface area contributed by atoms with Crippen LogP contribution in [0.2, 0.25) is 5.15 Å². The number of nitrogens with one attached hydrogen (secondary N) is 1. The lowest BCUT2D eigenvalue weighted by Crippen LogP contribution is -2.54. The monoisotopic (exact) mass is 535 g/mol. The maximum atomic E-state index is 13.0. The Bertz CT molecular complexity index is 1010. The van der Waals surface area contributed by atoms with E-state index in [0.29, 0.717) is 48.7 Å². The minimum absolute atomic E-state index is 0.0731. The van der Waals surface area contributed by atoms with E-state index in [1.54, 1.807) is 18.2 Å². The van der Waals surface area contributed by atoms with Gasteiger partial charge in [0.2, 0.25) is 11.8 Å². The van der Waals surface area contributed by atoms with Gasteiger partial charge < -0.3 is 15.1 Å². The number of thioether (sulfide) groups is 1. The van der Waals surface area contributed by atoms with Crippen LogP contribution in [0.3, 0.4) is 0 Å². The van der Waals surface area contributed by atoms with Gasteiger partial charge in [0.15, 0.2) is 5.16 Å². The zero-order valence-corrected chi connectivity index (χ0v) is 22.6. The molecule has 1 aromatic heterocycles. The normalized spacial score (nSPS) is 15.7. The standard InChI is InChI=1S/C26H35ClFN5O2S/c1-3-4-5-6-7-8-25(35)33-14-13-32(17-19(33)2)23-15-22(27)30-26(31-23)36-18-24(34)29-16-20-9-11-21(28)12-10-20/h9-12,15,19H,3-8,13-14,16-18H2,1-2H3,(H,29,34). The van der Waals surface area contributed by atoms with Crippen molar-refractivity contribution in [2.45, 2.75) is 70.1 Å². The van der Waals surface area contributed by atoms with E-state index in [2.05, 4.69) is 34.0 Å². The third-order valence-corrected chi connectivity index (χ3v) is 7.20. The number of anilines is 1. The second kappa shape index (κ2) is 14.4. The predicted molar refractivity (Wildman–Crippen MR) is 143 cm³/mol. The van der Waals surface area contributed by atoms with E-state index >= 15 is 0 Å². The number of nitrogens with zero attached hydrogens (tertiary/aromatic N) is 4. The molecule has 2 amide bonds. The van der Waals surface area contributed by atoms with Crippen LogP contribution < -0.4 is 10.2 Å². The average Bonchev–Trinajstić information content (AvgIpc) is 2.86. The maximum absolute atomic E-state index is 13.0. The summed E-state index contributed by atoms with van der Waals surface area (Å²) in [5, 5.41) is 3.54. The van der Waals surface area contributed by atoms with Crippen molar-refractivity contribution in [2.24, 2.45) is 0 Å². The Kier molecular flexibility index (Phi) is 11.3. The molecule has 10 heteroatoms. The Morgan fingerprint density at radius 3 is 2.61 bits per heavy atom. The lowest BCUT2D eigenvalue weighted by molar-refractivity contribution is -0.133. The number of benzene rings is 1. The van der Waals surface area contributed by atoms with Gasteiger partial charge in [-0.2, -0.15) is 0 Å². The van der Waals surface area contributed by atoms with Crippen molar-refractivity contribution in [3.63, 3.8) is 0 Å².